The summed E-state index contributed by atoms with van der Waals surface area (Å²) >= 11 is 0. The third-order valence-electron chi connectivity index (χ3n) is 4.62. The summed E-state index contributed by atoms with van der Waals surface area (Å²) in [7, 11) is 1.37. The minimum Gasteiger partial charge on any atom is -0.497 e. The van der Waals surface area contributed by atoms with E-state index < -0.39 is 29.7 Å². The lowest BCUT2D eigenvalue weighted by molar-refractivity contribution is -0.196. The lowest BCUT2D eigenvalue weighted by Gasteiger charge is -2.30. The van der Waals surface area contributed by atoms with Crippen molar-refractivity contribution in [3.05, 3.63) is 65.7 Å². The molecule has 0 saturated carbocycles. The minimum absolute atomic E-state index is 0.0924. The Morgan fingerprint density at radius 2 is 1.80 bits per heavy atom. The number of rotatable bonds is 5. The maximum absolute atomic E-state index is 14.2. The molecule has 0 aliphatic carbocycles. The van der Waals surface area contributed by atoms with Crippen LogP contribution in [-0.4, -0.2) is 47.5 Å². The van der Waals surface area contributed by atoms with E-state index in [-0.39, 0.29) is 11.4 Å². The molecule has 1 N–H and O–H groups in total. The van der Waals surface area contributed by atoms with Gasteiger partial charge in [-0.15, -0.1) is 0 Å². The average molecular weight is 419 g/mol. The molecular weight excluding hydrogens is 399 g/mol. The van der Waals surface area contributed by atoms with Crippen molar-refractivity contribution in [1.29, 1.82) is 0 Å². The summed E-state index contributed by atoms with van der Waals surface area (Å²) in [6.07, 6.45) is -5.16. The Hall–Kier alpha value is -3.36. The largest absolute Gasteiger partial charge is 0.497 e. The van der Waals surface area contributed by atoms with Crippen LogP contribution < -0.4 is 10.1 Å². The highest BCUT2D eigenvalue weighted by molar-refractivity contribution is 6.17. The van der Waals surface area contributed by atoms with Crippen molar-refractivity contribution >= 4 is 17.6 Å². The molecule has 2 aromatic rings. The molecule has 0 bridgehead atoms. The number of nitrogens with zero attached hydrogens (tertiary/aromatic N) is 2. The fraction of sp³-hybridized carbons (Fsp3) is 0.286. The maximum Gasteiger partial charge on any atom is 0.442 e. The van der Waals surface area contributed by atoms with Gasteiger partial charge < -0.3 is 10.1 Å². The Balaban J connectivity index is 2.11. The molecule has 2 amide bonds. The predicted molar refractivity (Wildman–Crippen MR) is 104 cm³/mol. The van der Waals surface area contributed by atoms with Gasteiger partial charge in [-0.05, 0) is 32.0 Å². The van der Waals surface area contributed by atoms with Gasteiger partial charge in [0, 0.05) is 17.2 Å². The second-order valence-corrected chi connectivity index (χ2v) is 6.96. The zero-order chi connectivity index (χ0) is 22.1. The predicted octanol–water partition coefficient (Wildman–Crippen LogP) is 3.38. The summed E-state index contributed by atoms with van der Waals surface area (Å²) in [5.41, 5.74) is -3.19. The highest BCUT2D eigenvalue weighted by atomic mass is 19.4. The van der Waals surface area contributed by atoms with Crippen molar-refractivity contribution in [1.82, 2.24) is 10.2 Å². The second kappa shape index (κ2) is 7.81. The zero-order valence-electron chi connectivity index (χ0n) is 16.5. The molecule has 30 heavy (non-hydrogen) atoms. The molecular formula is C21H20F3N3O3. The van der Waals surface area contributed by atoms with E-state index in [2.05, 4.69) is 4.99 Å². The number of methoxy groups -OCH3 is 1. The molecule has 158 valence electrons. The molecule has 1 atom stereocenters. The molecule has 0 radical (unpaired) electrons. The third kappa shape index (κ3) is 3.62. The highest BCUT2D eigenvalue weighted by Gasteiger charge is 2.67. The van der Waals surface area contributed by atoms with Crippen LogP contribution in [-0.2, 0) is 4.79 Å². The number of amides is 2. The first-order valence-corrected chi connectivity index (χ1v) is 9.13. The van der Waals surface area contributed by atoms with Gasteiger partial charge in [0.05, 0.1) is 7.11 Å². The van der Waals surface area contributed by atoms with Crippen LogP contribution in [0.15, 0.2) is 59.6 Å². The van der Waals surface area contributed by atoms with Crippen LogP contribution in [0.1, 0.15) is 29.8 Å². The quantitative estimate of drug-likeness (QED) is 0.808. The Morgan fingerprint density at radius 1 is 1.13 bits per heavy atom. The van der Waals surface area contributed by atoms with Gasteiger partial charge in [-0.1, -0.05) is 36.4 Å². The number of ether oxygens (including phenoxy) is 1. The number of carbonyl (C=O) groups is 2. The topological polar surface area (TPSA) is 71.0 Å². The van der Waals surface area contributed by atoms with E-state index >= 15 is 0 Å². The Labute approximate surface area is 171 Å². The van der Waals surface area contributed by atoms with Gasteiger partial charge in [-0.2, -0.15) is 13.2 Å². The molecule has 3 rings (SSSR count). The number of carbonyl (C=O) groups excluding carboxylic acids is 2. The lowest BCUT2D eigenvalue weighted by atomic mass is 10.1. The molecule has 2 aromatic carbocycles. The van der Waals surface area contributed by atoms with Gasteiger partial charge in [0.1, 0.15) is 11.6 Å². The Morgan fingerprint density at radius 3 is 2.37 bits per heavy atom. The summed E-state index contributed by atoms with van der Waals surface area (Å²) in [5, 5.41) is 1.84. The van der Waals surface area contributed by atoms with Gasteiger partial charge in [0.25, 0.3) is 11.8 Å². The molecule has 0 saturated heterocycles. The fourth-order valence-electron chi connectivity index (χ4n) is 3.14. The first-order chi connectivity index (χ1) is 14.1. The summed E-state index contributed by atoms with van der Waals surface area (Å²) < 4.78 is 47.7. The van der Waals surface area contributed by atoms with Crippen LogP contribution in [0.25, 0.3) is 0 Å². The van der Waals surface area contributed by atoms with E-state index in [9.17, 15) is 22.8 Å². The smallest absolute Gasteiger partial charge is 0.442 e. The molecule has 9 heteroatoms. The first-order valence-electron chi connectivity index (χ1n) is 9.13. The number of nitrogens with one attached hydrogen (secondary N) is 1. The Kier molecular flexibility index (Phi) is 5.56. The van der Waals surface area contributed by atoms with Crippen molar-refractivity contribution in [2.45, 2.75) is 31.7 Å². The van der Waals surface area contributed by atoms with E-state index in [1.807, 2.05) is 5.32 Å². The van der Waals surface area contributed by atoms with Crippen LogP contribution >= 0.6 is 0 Å². The van der Waals surface area contributed by atoms with Crippen molar-refractivity contribution in [2.24, 2.45) is 4.99 Å². The van der Waals surface area contributed by atoms with Gasteiger partial charge in [0.2, 0.25) is 0 Å². The van der Waals surface area contributed by atoms with Crippen molar-refractivity contribution in [2.75, 3.05) is 7.11 Å². The molecule has 0 spiro atoms. The van der Waals surface area contributed by atoms with Crippen molar-refractivity contribution in [3.63, 3.8) is 0 Å². The second-order valence-electron chi connectivity index (χ2n) is 6.96. The highest BCUT2D eigenvalue weighted by Crippen LogP contribution is 2.39. The maximum atomic E-state index is 14.2. The zero-order valence-corrected chi connectivity index (χ0v) is 16.5. The number of aliphatic imine (C=N–C) groups is 1. The summed E-state index contributed by atoms with van der Waals surface area (Å²) in [6, 6.07) is 13.1. The van der Waals surface area contributed by atoms with E-state index in [4.69, 9.17) is 4.74 Å². The van der Waals surface area contributed by atoms with Crippen LogP contribution in [0.5, 0.6) is 5.75 Å². The van der Waals surface area contributed by atoms with Crippen molar-refractivity contribution < 1.29 is 27.5 Å². The molecule has 1 unspecified atom stereocenters. The van der Waals surface area contributed by atoms with Crippen molar-refractivity contribution in [3.8, 4) is 5.75 Å². The van der Waals surface area contributed by atoms with Gasteiger partial charge in [-0.25, -0.2) is 4.99 Å². The number of amidine groups is 1. The first kappa shape index (κ1) is 21.4. The molecule has 6 nitrogen and oxygen atoms in total. The van der Waals surface area contributed by atoms with Crippen LogP contribution in [0, 0.1) is 0 Å². The minimum atomic E-state index is -5.16. The summed E-state index contributed by atoms with van der Waals surface area (Å²) in [5.74, 6) is -2.32. The standard InChI is InChI=1S/C21H20F3N3O3/c1-13(2)27-17(14-8-5-4-6-9-14)25-20(19(27)29,21(22,23)24)26-18(28)15-10-7-11-16(12-15)30-3/h4-13H,1-3H3,(H,26,28). The Bertz CT molecular complexity index is 990. The van der Waals surface area contributed by atoms with E-state index in [0.717, 1.165) is 4.90 Å². The molecule has 1 aliphatic heterocycles. The van der Waals surface area contributed by atoms with Crippen LogP contribution in [0.2, 0.25) is 0 Å². The van der Waals surface area contributed by atoms with E-state index in [1.54, 1.807) is 50.2 Å². The number of benzene rings is 2. The molecule has 1 aliphatic rings. The van der Waals surface area contributed by atoms with Gasteiger partial charge in [0.15, 0.2) is 0 Å². The number of halogens is 3. The number of hydrogen-bond acceptors (Lipinski definition) is 4. The lowest BCUT2D eigenvalue weighted by Crippen LogP contribution is -2.64. The van der Waals surface area contributed by atoms with Gasteiger partial charge in [-0.3, -0.25) is 14.5 Å². The van der Waals surface area contributed by atoms with E-state index in [0.29, 0.717) is 11.3 Å². The average Bonchev–Trinajstić information content (AvgIpc) is 3.02. The SMILES string of the molecule is COc1cccc(C(=O)NC2(C(F)(F)F)N=C(c3ccccc3)N(C(C)C)C2=O)c1. The van der Waals surface area contributed by atoms with Crippen LogP contribution in [0.4, 0.5) is 13.2 Å². The molecule has 1 heterocycles. The monoisotopic (exact) mass is 419 g/mol. The normalized spacial score (nSPS) is 19.1. The summed E-state index contributed by atoms with van der Waals surface area (Å²) in [6.45, 7) is 3.15. The number of alkyl halides is 3. The summed E-state index contributed by atoms with van der Waals surface area (Å²) in [4.78, 5) is 30.4. The number of hydrogen-bond donors (Lipinski definition) is 1. The van der Waals surface area contributed by atoms with Gasteiger partial charge >= 0.3 is 11.8 Å². The fourth-order valence-corrected chi connectivity index (χ4v) is 3.14. The van der Waals surface area contributed by atoms with Crippen LogP contribution in [0.3, 0.4) is 0 Å². The third-order valence-corrected chi connectivity index (χ3v) is 4.62. The van der Waals surface area contributed by atoms with E-state index in [1.165, 1.54) is 25.3 Å². The molecule has 0 fully saturated rings. The molecule has 0 aromatic heterocycles.